The zero-order valence-corrected chi connectivity index (χ0v) is 11.4. The first-order valence-corrected chi connectivity index (χ1v) is 6.81. The van der Waals surface area contributed by atoms with Crippen molar-refractivity contribution in [2.75, 3.05) is 6.54 Å². The number of piperazine rings is 1. The Morgan fingerprint density at radius 2 is 2.00 bits per heavy atom. The highest BCUT2D eigenvalue weighted by Crippen LogP contribution is 2.31. The molecule has 2 rings (SSSR count). The van der Waals surface area contributed by atoms with Crippen LogP contribution in [-0.2, 0) is 14.4 Å². The maximum Gasteiger partial charge on any atom is 0.249 e. The van der Waals surface area contributed by atoms with E-state index in [1.807, 2.05) is 6.92 Å². The molecule has 0 bridgehead atoms. The zero-order chi connectivity index (χ0) is 14.2. The van der Waals surface area contributed by atoms with E-state index < -0.39 is 17.9 Å². The number of imide groups is 1. The summed E-state index contributed by atoms with van der Waals surface area (Å²) in [5.41, 5.74) is 6.01. The van der Waals surface area contributed by atoms with Crippen LogP contribution in [0.25, 0.3) is 0 Å². The van der Waals surface area contributed by atoms with E-state index in [1.165, 1.54) is 4.90 Å². The summed E-state index contributed by atoms with van der Waals surface area (Å²) in [6, 6.07) is -0.567. The lowest BCUT2D eigenvalue weighted by molar-refractivity contribution is -0.153. The second kappa shape index (κ2) is 5.28. The second-order valence-electron chi connectivity index (χ2n) is 5.61. The van der Waals surface area contributed by atoms with E-state index in [0.717, 1.165) is 19.3 Å². The smallest absolute Gasteiger partial charge is 0.249 e. The zero-order valence-electron chi connectivity index (χ0n) is 11.4. The molecule has 4 unspecified atom stereocenters. The summed E-state index contributed by atoms with van der Waals surface area (Å²) in [6.45, 7) is 3.58. The van der Waals surface area contributed by atoms with Gasteiger partial charge in [-0.05, 0) is 25.7 Å². The normalized spacial score (nSPS) is 36.1. The number of carbonyl (C=O) groups excluding carboxylic acids is 3. The Morgan fingerprint density at radius 3 is 2.68 bits per heavy atom. The predicted molar refractivity (Wildman–Crippen MR) is 68.8 cm³/mol. The van der Waals surface area contributed by atoms with Crippen molar-refractivity contribution in [3.63, 3.8) is 0 Å². The minimum atomic E-state index is -0.587. The van der Waals surface area contributed by atoms with Crippen molar-refractivity contribution in [1.29, 1.82) is 0 Å². The highest BCUT2D eigenvalue weighted by Gasteiger charge is 2.40. The van der Waals surface area contributed by atoms with Crippen molar-refractivity contribution >= 4 is 17.7 Å². The fourth-order valence-electron chi connectivity index (χ4n) is 2.94. The topological polar surface area (TPSA) is 92.5 Å². The molecule has 3 N–H and O–H groups in total. The maximum atomic E-state index is 12.5. The van der Waals surface area contributed by atoms with Gasteiger partial charge in [0.25, 0.3) is 0 Å². The van der Waals surface area contributed by atoms with Crippen LogP contribution in [0.5, 0.6) is 0 Å². The Kier molecular flexibility index (Phi) is 3.89. The third-order valence-corrected chi connectivity index (χ3v) is 4.39. The first-order valence-electron chi connectivity index (χ1n) is 6.81. The molecule has 6 nitrogen and oxygen atoms in total. The molecule has 2 aliphatic rings. The number of rotatable bonds is 1. The Bertz CT molecular complexity index is 410. The third kappa shape index (κ3) is 2.63. The number of nitrogens with one attached hydrogen (secondary N) is 1. The summed E-state index contributed by atoms with van der Waals surface area (Å²) < 4.78 is 0. The first-order chi connectivity index (χ1) is 8.91. The third-order valence-electron chi connectivity index (χ3n) is 4.39. The van der Waals surface area contributed by atoms with Crippen LogP contribution in [0.3, 0.4) is 0 Å². The van der Waals surface area contributed by atoms with Gasteiger partial charge in [-0.25, -0.2) is 0 Å². The van der Waals surface area contributed by atoms with Crippen molar-refractivity contribution in [3.05, 3.63) is 0 Å². The SMILES string of the molecule is CC1C(N)CCCC1C(=O)N1CC(=O)NC(=O)C1C. The number of nitrogens with two attached hydrogens (primary N) is 1. The summed E-state index contributed by atoms with van der Waals surface area (Å²) in [5.74, 6) is -1.02. The molecule has 1 saturated heterocycles. The lowest BCUT2D eigenvalue weighted by Gasteiger charge is -2.39. The van der Waals surface area contributed by atoms with E-state index in [1.54, 1.807) is 6.92 Å². The molecule has 1 aliphatic heterocycles. The van der Waals surface area contributed by atoms with Gasteiger partial charge in [-0.3, -0.25) is 19.7 Å². The summed E-state index contributed by atoms with van der Waals surface area (Å²) in [7, 11) is 0. The quantitative estimate of drug-likeness (QED) is 0.634. The molecular formula is C13H21N3O3. The van der Waals surface area contributed by atoms with Crippen LogP contribution in [0.2, 0.25) is 0 Å². The van der Waals surface area contributed by atoms with Gasteiger partial charge < -0.3 is 10.6 Å². The van der Waals surface area contributed by atoms with Gasteiger partial charge in [0.05, 0.1) is 0 Å². The van der Waals surface area contributed by atoms with E-state index in [9.17, 15) is 14.4 Å². The molecular weight excluding hydrogens is 246 g/mol. The fourth-order valence-corrected chi connectivity index (χ4v) is 2.94. The molecule has 0 radical (unpaired) electrons. The highest BCUT2D eigenvalue weighted by molar-refractivity contribution is 6.04. The van der Waals surface area contributed by atoms with Crippen LogP contribution in [0.4, 0.5) is 0 Å². The maximum absolute atomic E-state index is 12.5. The van der Waals surface area contributed by atoms with E-state index >= 15 is 0 Å². The molecule has 0 aromatic rings. The van der Waals surface area contributed by atoms with Crippen LogP contribution in [0.1, 0.15) is 33.1 Å². The Morgan fingerprint density at radius 1 is 1.32 bits per heavy atom. The molecule has 6 heteroatoms. The molecule has 1 saturated carbocycles. The number of carbonyl (C=O) groups is 3. The first kappa shape index (κ1) is 14.0. The van der Waals surface area contributed by atoms with Gasteiger partial charge in [0.1, 0.15) is 12.6 Å². The van der Waals surface area contributed by atoms with Crippen molar-refractivity contribution in [3.8, 4) is 0 Å². The van der Waals surface area contributed by atoms with Crippen LogP contribution >= 0.6 is 0 Å². The molecule has 4 atom stereocenters. The minimum Gasteiger partial charge on any atom is -0.327 e. The molecule has 2 fully saturated rings. The summed E-state index contributed by atoms with van der Waals surface area (Å²) in [5, 5.41) is 2.24. The molecule has 0 spiro atoms. The predicted octanol–water partition coefficient (Wildman–Crippen LogP) is -0.377. The summed E-state index contributed by atoms with van der Waals surface area (Å²) in [6.07, 6.45) is 2.64. The van der Waals surface area contributed by atoms with Gasteiger partial charge in [-0.15, -0.1) is 0 Å². The fraction of sp³-hybridized carbons (Fsp3) is 0.769. The van der Waals surface area contributed by atoms with E-state index in [-0.39, 0.29) is 30.3 Å². The lowest BCUT2D eigenvalue weighted by Crippen LogP contribution is -2.60. The van der Waals surface area contributed by atoms with E-state index in [0.29, 0.717) is 0 Å². The van der Waals surface area contributed by atoms with Crippen LogP contribution < -0.4 is 11.1 Å². The van der Waals surface area contributed by atoms with Crippen molar-refractivity contribution in [2.45, 2.75) is 45.2 Å². The van der Waals surface area contributed by atoms with Crippen molar-refractivity contribution < 1.29 is 14.4 Å². The molecule has 19 heavy (non-hydrogen) atoms. The van der Waals surface area contributed by atoms with Gasteiger partial charge in [0, 0.05) is 12.0 Å². The Labute approximate surface area is 112 Å². The van der Waals surface area contributed by atoms with Crippen LogP contribution in [-0.4, -0.2) is 41.2 Å². The monoisotopic (exact) mass is 267 g/mol. The Hall–Kier alpha value is -1.43. The van der Waals surface area contributed by atoms with Crippen LogP contribution in [0, 0.1) is 11.8 Å². The van der Waals surface area contributed by atoms with Gasteiger partial charge in [-0.2, -0.15) is 0 Å². The molecule has 1 aliphatic carbocycles. The number of amides is 3. The van der Waals surface area contributed by atoms with Gasteiger partial charge in [0.15, 0.2) is 0 Å². The average molecular weight is 267 g/mol. The van der Waals surface area contributed by atoms with E-state index in [2.05, 4.69) is 5.32 Å². The Balaban J connectivity index is 2.13. The van der Waals surface area contributed by atoms with Gasteiger partial charge in [0.2, 0.25) is 17.7 Å². The molecule has 0 aromatic carbocycles. The minimum absolute atomic E-state index is 0.0207. The number of nitrogens with zero attached hydrogens (tertiary/aromatic N) is 1. The average Bonchev–Trinajstić information content (AvgIpc) is 2.36. The standard InChI is InChI=1S/C13H21N3O3/c1-7-9(4-3-5-10(7)14)13(19)16-6-11(17)15-12(18)8(16)2/h7-10H,3-6,14H2,1-2H3,(H,15,17,18). The lowest BCUT2D eigenvalue weighted by atomic mass is 9.76. The number of hydrogen-bond acceptors (Lipinski definition) is 4. The van der Waals surface area contributed by atoms with Crippen molar-refractivity contribution in [2.24, 2.45) is 17.6 Å². The van der Waals surface area contributed by atoms with E-state index in [4.69, 9.17) is 5.73 Å². The summed E-state index contributed by atoms with van der Waals surface area (Å²) >= 11 is 0. The molecule has 3 amide bonds. The molecule has 1 heterocycles. The van der Waals surface area contributed by atoms with Crippen LogP contribution in [0.15, 0.2) is 0 Å². The van der Waals surface area contributed by atoms with Gasteiger partial charge >= 0.3 is 0 Å². The summed E-state index contributed by atoms with van der Waals surface area (Å²) in [4.78, 5) is 36.9. The highest BCUT2D eigenvalue weighted by atomic mass is 16.2. The molecule has 106 valence electrons. The molecule has 0 aromatic heterocycles. The van der Waals surface area contributed by atoms with Gasteiger partial charge in [-0.1, -0.05) is 13.3 Å². The number of hydrogen-bond donors (Lipinski definition) is 2. The largest absolute Gasteiger partial charge is 0.327 e. The van der Waals surface area contributed by atoms with Crippen molar-refractivity contribution in [1.82, 2.24) is 10.2 Å². The second-order valence-corrected chi connectivity index (χ2v) is 5.61.